The average molecular weight is 155 g/mol. The van der Waals surface area contributed by atoms with Gasteiger partial charge in [-0.2, -0.15) is 5.26 Å². The number of hydrogen-bond donors (Lipinski definition) is 0. The second-order valence-corrected chi connectivity index (χ2v) is 1.92. The van der Waals surface area contributed by atoms with E-state index in [1.54, 1.807) is 13.0 Å². The summed E-state index contributed by atoms with van der Waals surface area (Å²) in [6, 6.07) is 1.56. The van der Waals surface area contributed by atoms with E-state index in [0.717, 1.165) is 0 Å². The first-order chi connectivity index (χ1) is 5.13. The first kappa shape index (κ1) is 9.63. The highest BCUT2D eigenvalue weighted by molar-refractivity contribution is 6.00. The molecule has 11 heavy (non-hydrogen) atoms. The van der Waals surface area contributed by atoms with Crippen LogP contribution in [0.1, 0.15) is 13.8 Å². The van der Waals surface area contributed by atoms with Crippen molar-refractivity contribution in [2.75, 3.05) is 6.61 Å². The Morgan fingerprint density at radius 2 is 2.18 bits per heavy atom. The van der Waals surface area contributed by atoms with Crippen molar-refractivity contribution < 1.29 is 14.3 Å². The van der Waals surface area contributed by atoms with Crippen molar-refractivity contribution in [1.29, 1.82) is 5.26 Å². The lowest BCUT2D eigenvalue weighted by Crippen LogP contribution is -2.22. The van der Waals surface area contributed by atoms with Gasteiger partial charge in [0.25, 0.3) is 0 Å². The number of carbonyl (C=O) groups is 2. The van der Waals surface area contributed by atoms with Crippen molar-refractivity contribution >= 4 is 11.8 Å². The van der Waals surface area contributed by atoms with Gasteiger partial charge in [-0.1, -0.05) is 0 Å². The minimum absolute atomic E-state index is 0.185. The number of ketones is 1. The molecule has 0 spiro atoms. The summed E-state index contributed by atoms with van der Waals surface area (Å²) in [7, 11) is 0. The molecule has 0 aliphatic rings. The molecule has 0 heterocycles. The van der Waals surface area contributed by atoms with Crippen LogP contribution in [-0.4, -0.2) is 18.4 Å². The lowest BCUT2D eigenvalue weighted by molar-refractivity contribution is -0.148. The second-order valence-electron chi connectivity index (χ2n) is 1.92. The third kappa shape index (κ3) is 2.80. The topological polar surface area (TPSA) is 67.2 Å². The number of hydrogen-bond acceptors (Lipinski definition) is 4. The maximum atomic E-state index is 10.8. The highest BCUT2D eigenvalue weighted by atomic mass is 16.5. The highest BCUT2D eigenvalue weighted by Gasteiger charge is 2.23. The summed E-state index contributed by atoms with van der Waals surface area (Å²) in [5.41, 5.74) is 0. The number of Topliss-reactive ketones (excluding diaryl/α,β-unsaturated/α-hetero) is 1. The van der Waals surface area contributed by atoms with Gasteiger partial charge in [0.1, 0.15) is 0 Å². The SMILES string of the molecule is CCOC(=O)[C@H](C#N)C(C)=O. The van der Waals surface area contributed by atoms with Crippen LogP contribution >= 0.6 is 0 Å². The maximum Gasteiger partial charge on any atom is 0.331 e. The van der Waals surface area contributed by atoms with Crippen molar-refractivity contribution in [2.45, 2.75) is 13.8 Å². The van der Waals surface area contributed by atoms with E-state index >= 15 is 0 Å². The van der Waals surface area contributed by atoms with Crippen LogP contribution in [0.3, 0.4) is 0 Å². The Bertz CT molecular complexity index is 204. The number of esters is 1. The van der Waals surface area contributed by atoms with Gasteiger partial charge in [-0.15, -0.1) is 0 Å². The summed E-state index contributed by atoms with van der Waals surface area (Å²) in [6.07, 6.45) is 0. The molecule has 4 nitrogen and oxygen atoms in total. The molecule has 0 amide bonds. The van der Waals surface area contributed by atoms with Crippen LogP contribution in [0.4, 0.5) is 0 Å². The van der Waals surface area contributed by atoms with E-state index in [9.17, 15) is 9.59 Å². The van der Waals surface area contributed by atoms with Crippen molar-refractivity contribution in [2.24, 2.45) is 5.92 Å². The van der Waals surface area contributed by atoms with Crippen LogP contribution in [0, 0.1) is 17.2 Å². The minimum Gasteiger partial charge on any atom is -0.465 e. The van der Waals surface area contributed by atoms with Gasteiger partial charge in [-0.3, -0.25) is 9.59 Å². The lowest BCUT2D eigenvalue weighted by Gasteiger charge is -2.02. The highest BCUT2D eigenvalue weighted by Crippen LogP contribution is 1.99. The van der Waals surface area contributed by atoms with E-state index in [4.69, 9.17) is 5.26 Å². The van der Waals surface area contributed by atoms with Crippen LogP contribution in [0.25, 0.3) is 0 Å². The molecule has 1 atom stereocenters. The zero-order chi connectivity index (χ0) is 8.85. The predicted octanol–water partition coefficient (Wildman–Crippen LogP) is 0.278. The lowest BCUT2D eigenvalue weighted by atomic mass is 10.1. The van der Waals surface area contributed by atoms with Gasteiger partial charge in [0.2, 0.25) is 5.92 Å². The van der Waals surface area contributed by atoms with Gasteiger partial charge in [-0.25, -0.2) is 0 Å². The number of nitrogens with zero attached hydrogens (tertiary/aromatic N) is 1. The summed E-state index contributed by atoms with van der Waals surface area (Å²) in [6.45, 7) is 2.99. The molecule has 0 aliphatic heterocycles. The summed E-state index contributed by atoms with van der Waals surface area (Å²) in [5.74, 6) is -2.50. The summed E-state index contributed by atoms with van der Waals surface area (Å²) in [4.78, 5) is 21.3. The number of carbonyl (C=O) groups excluding carboxylic acids is 2. The van der Waals surface area contributed by atoms with Crippen LogP contribution < -0.4 is 0 Å². The van der Waals surface area contributed by atoms with Crippen LogP contribution in [0.15, 0.2) is 0 Å². The molecule has 0 saturated carbocycles. The van der Waals surface area contributed by atoms with Crippen LogP contribution in [0.2, 0.25) is 0 Å². The molecule has 0 radical (unpaired) electrons. The standard InChI is InChI=1S/C7H9NO3/c1-3-11-7(10)6(4-8)5(2)9/h6H,3H2,1-2H3/t6-/m1/s1. The van der Waals surface area contributed by atoms with Crippen LogP contribution in [-0.2, 0) is 14.3 Å². The van der Waals surface area contributed by atoms with E-state index in [0.29, 0.717) is 0 Å². The largest absolute Gasteiger partial charge is 0.465 e. The summed E-state index contributed by atoms with van der Waals surface area (Å²) < 4.78 is 4.47. The van der Waals surface area contributed by atoms with Crippen molar-refractivity contribution in [3.8, 4) is 6.07 Å². The fraction of sp³-hybridized carbons (Fsp3) is 0.571. The van der Waals surface area contributed by atoms with Gasteiger partial charge >= 0.3 is 5.97 Å². The summed E-state index contributed by atoms with van der Waals surface area (Å²) >= 11 is 0. The zero-order valence-corrected chi connectivity index (χ0v) is 6.46. The average Bonchev–Trinajstić information content (AvgIpc) is 1.88. The third-order valence-corrected chi connectivity index (χ3v) is 1.06. The monoisotopic (exact) mass is 155 g/mol. The molecule has 0 aromatic rings. The van der Waals surface area contributed by atoms with E-state index in [2.05, 4.69) is 4.74 Å². The molecular weight excluding hydrogens is 146 g/mol. The first-order valence-corrected chi connectivity index (χ1v) is 3.20. The molecule has 0 rings (SSSR count). The van der Waals surface area contributed by atoms with E-state index < -0.39 is 17.7 Å². The third-order valence-electron chi connectivity index (χ3n) is 1.06. The predicted molar refractivity (Wildman–Crippen MR) is 36.4 cm³/mol. The number of nitriles is 1. The van der Waals surface area contributed by atoms with Gasteiger partial charge in [0.15, 0.2) is 5.78 Å². The van der Waals surface area contributed by atoms with Crippen LogP contribution in [0.5, 0.6) is 0 Å². The Labute approximate surface area is 64.8 Å². The number of rotatable bonds is 3. The molecule has 0 aromatic carbocycles. The molecule has 4 heteroatoms. The van der Waals surface area contributed by atoms with Gasteiger partial charge in [-0.05, 0) is 13.8 Å². The molecule has 0 fully saturated rings. The molecule has 60 valence electrons. The number of ether oxygens (including phenoxy) is 1. The first-order valence-electron chi connectivity index (χ1n) is 3.20. The Morgan fingerprint density at radius 3 is 2.45 bits per heavy atom. The summed E-state index contributed by atoms with van der Waals surface area (Å²) in [5, 5.41) is 8.32. The van der Waals surface area contributed by atoms with E-state index in [-0.39, 0.29) is 6.61 Å². The van der Waals surface area contributed by atoms with Crippen molar-refractivity contribution in [3.05, 3.63) is 0 Å². The van der Waals surface area contributed by atoms with Gasteiger partial charge in [0, 0.05) is 0 Å². The Morgan fingerprint density at radius 1 is 1.64 bits per heavy atom. The Balaban J connectivity index is 4.18. The van der Waals surface area contributed by atoms with Crippen molar-refractivity contribution in [1.82, 2.24) is 0 Å². The smallest absolute Gasteiger partial charge is 0.331 e. The Kier molecular flexibility index (Phi) is 3.89. The molecule has 0 bridgehead atoms. The van der Waals surface area contributed by atoms with Gasteiger partial charge < -0.3 is 4.74 Å². The molecular formula is C7H9NO3. The zero-order valence-electron chi connectivity index (χ0n) is 6.46. The van der Waals surface area contributed by atoms with E-state index in [1.807, 2.05) is 0 Å². The quantitative estimate of drug-likeness (QED) is 0.433. The van der Waals surface area contributed by atoms with E-state index in [1.165, 1.54) is 6.92 Å². The molecule has 0 N–H and O–H groups in total. The minimum atomic E-state index is -1.25. The molecule has 0 saturated heterocycles. The molecule has 0 aromatic heterocycles. The second kappa shape index (κ2) is 4.45. The van der Waals surface area contributed by atoms with Crippen molar-refractivity contribution in [3.63, 3.8) is 0 Å². The molecule has 0 aliphatic carbocycles. The fourth-order valence-electron chi connectivity index (χ4n) is 0.535. The maximum absolute atomic E-state index is 10.8. The Hall–Kier alpha value is -1.37. The molecule has 0 unspecified atom stereocenters. The van der Waals surface area contributed by atoms with Gasteiger partial charge in [0.05, 0.1) is 12.7 Å². The normalized spacial score (nSPS) is 11.4. The fourth-order valence-corrected chi connectivity index (χ4v) is 0.535.